The van der Waals surface area contributed by atoms with Gasteiger partial charge in [0.1, 0.15) is 11.5 Å². The summed E-state index contributed by atoms with van der Waals surface area (Å²) in [5, 5.41) is 28.2. The van der Waals surface area contributed by atoms with Crippen molar-refractivity contribution in [2.45, 2.75) is 0 Å². The zero-order valence-corrected chi connectivity index (χ0v) is 10.5. The molecule has 0 saturated heterocycles. The molecule has 2 aromatic carbocycles. The number of aromatic hydroxyl groups is 2. The highest BCUT2D eigenvalue weighted by Crippen LogP contribution is 2.35. The third kappa shape index (κ3) is 1.77. The summed E-state index contributed by atoms with van der Waals surface area (Å²) >= 11 is 0. The molecule has 21 heavy (non-hydrogen) atoms. The Bertz CT molecular complexity index is 834. The minimum atomic E-state index is -1.22. The van der Waals surface area contributed by atoms with Gasteiger partial charge in [-0.15, -0.1) is 0 Å². The molecule has 1 aliphatic rings. The van der Waals surface area contributed by atoms with Gasteiger partial charge in [-0.1, -0.05) is 0 Å². The van der Waals surface area contributed by atoms with Crippen LogP contribution in [0.15, 0.2) is 30.3 Å². The molecular weight excluding hydrogens is 276 g/mol. The van der Waals surface area contributed by atoms with Gasteiger partial charge < -0.3 is 15.3 Å². The van der Waals surface area contributed by atoms with Gasteiger partial charge in [0.15, 0.2) is 11.6 Å². The first kappa shape index (κ1) is 12.9. The lowest BCUT2D eigenvalue weighted by Gasteiger charge is -2.18. The van der Waals surface area contributed by atoms with Gasteiger partial charge >= 0.3 is 5.97 Å². The number of hydrogen-bond donors (Lipinski definition) is 3. The largest absolute Gasteiger partial charge is 0.508 e. The van der Waals surface area contributed by atoms with Gasteiger partial charge in [0, 0.05) is 22.8 Å². The highest BCUT2D eigenvalue weighted by atomic mass is 16.4. The fourth-order valence-corrected chi connectivity index (χ4v) is 2.37. The summed E-state index contributed by atoms with van der Waals surface area (Å²) in [6, 6.07) is 5.62. The summed E-state index contributed by atoms with van der Waals surface area (Å²) < 4.78 is 0. The van der Waals surface area contributed by atoms with Crippen molar-refractivity contribution in [1.82, 2.24) is 0 Å². The molecule has 0 amide bonds. The summed E-state index contributed by atoms with van der Waals surface area (Å²) in [6.07, 6.45) is 0. The van der Waals surface area contributed by atoms with E-state index in [1.807, 2.05) is 0 Å². The molecule has 0 heterocycles. The Balaban J connectivity index is 2.30. The van der Waals surface area contributed by atoms with E-state index in [0.29, 0.717) is 0 Å². The number of benzene rings is 2. The average Bonchev–Trinajstić information content (AvgIpc) is 2.43. The van der Waals surface area contributed by atoms with Gasteiger partial charge in [-0.2, -0.15) is 0 Å². The number of fused-ring (bicyclic) bond motifs is 2. The van der Waals surface area contributed by atoms with E-state index in [2.05, 4.69) is 0 Å². The van der Waals surface area contributed by atoms with E-state index in [1.165, 1.54) is 12.1 Å². The number of hydrogen-bond acceptors (Lipinski definition) is 5. The van der Waals surface area contributed by atoms with Crippen LogP contribution in [0.5, 0.6) is 11.5 Å². The van der Waals surface area contributed by atoms with E-state index < -0.39 is 23.3 Å². The second-order valence-corrected chi connectivity index (χ2v) is 4.61. The fraction of sp³-hybridized carbons (Fsp3) is 0. The van der Waals surface area contributed by atoms with Gasteiger partial charge in [-0.3, -0.25) is 9.59 Å². The van der Waals surface area contributed by atoms with Crippen molar-refractivity contribution in [3.05, 3.63) is 58.1 Å². The zero-order chi connectivity index (χ0) is 15.3. The van der Waals surface area contributed by atoms with Crippen molar-refractivity contribution in [2.75, 3.05) is 0 Å². The molecule has 0 spiro atoms. The molecule has 0 fully saturated rings. The molecule has 6 nitrogen and oxygen atoms in total. The first-order valence-corrected chi connectivity index (χ1v) is 5.93. The van der Waals surface area contributed by atoms with Crippen LogP contribution in [-0.2, 0) is 0 Å². The number of phenols is 2. The number of rotatable bonds is 1. The molecule has 0 bridgehead atoms. The van der Waals surface area contributed by atoms with Crippen molar-refractivity contribution in [3.8, 4) is 11.5 Å². The van der Waals surface area contributed by atoms with Crippen LogP contribution in [0.1, 0.15) is 42.2 Å². The van der Waals surface area contributed by atoms with Crippen LogP contribution >= 0.6 is 0 Å². The first-order chi connectivity index (χ1) is 9.90. The number of aromatic carboxylic acids is 1. The molecule has 0 unspecified atom stereocenters. The van der Waals surface area contributed by atoms with Crippen molar-refractivity contribution >= 4 is 17.5 Å². The molecule has 0 radical (unpaired) electrons. The van der Waals surface area contributed by atoms with Crippen LogP contribution in [0.2, 0.25) is 0 Å². The average molecular weight is 284 g/mol. The standard InChI is InChI=1S/C15H8O6/c16-7-4-10-12(11(17)5-7)14(19)8-2-1-6(15(20)21)3-9(8)13(10)18/h1-5,16-17H,(H,20,21). The summed E-state index contributed by atoms with van der Waals surface area (Å²) in [5.74, 6) is -3.27. The predicted molar refractivity (Wildman–Crippen MR) is 70.0 cm³/mol. The van der Waals surface area contributed by atoms with E-state index in [4.69, 9.17) is 5.11 Å². The Kier molecular flexibility index (Phi) is 2.56. The maximum Gasteiger partial charge on any atom is 0.335 e. The maximum atomic E-state index is 12.4. The highest BCUT2D eigenvalue weighted by molar-refractivity contribution is 6.29. The lowest BCUT2D eigenvalue weighted by molar-refractivity contribution is 0.0696. The van der Waals surface area contributed by atoms with Crippen LogP contribution in [0, 0.1) is 0 Å². The number of ketones is 2. The molecule has 104 valence electrons. The van der Waals surface area contributed by atoms with Crippen LogP contribution in [0.4, 0.5) is 0 Å². The molecule has 2 aromatic rings. The lowest BCUT2D eigenvalue weighted by atomic mass is 9.82. The second-order valence-electron chi connectivity index (χ2n) is 4.61. The van der Waals surface area contributed by atoms with Crippen molar-refractivity contribution < 1.29 is 29.7 Å². The minimum Gasteiger partial charge on any atom is -0.508 e. The number of carbonyl (C=O) groups is 3. The zero-order valence-electron chi connectivity index (χ0n) is 10.5. The number of carboxylic acid groups (broad SMARTS) is 1. The Morgan fingerprint density at radius 2 is 1.57 bits per heavy atom. The Hall–Kier alpha value is -3.15. The van der Waals surface area contributed by atoms with E-state index in [-0.39, 0.29) is 33.6 Å². The third-order valence-corrected chi connectivity index (χ3v) is 3.33. The van der Waals surface area contributed by atoms with Crippen LogP contribution in [-0.4, -0.2) is 32.9 Å². The Morgan fingerprint density at radius 3 is 2.24 bits per heavy atom. The quantitative estimate of drug-likeness (QED) is 0.625. The number of phenolic OH excluding ortho intramolecular Hbond substituents is 2. The van der Waals surface area contributed by atoms with Crippen LogP contribution < -0.4 is 0 Å². The van der Waals surface area contributed by atoms with E-state index in [9.17, 15) is 24.6 Å². The molecule has 0 saturated carbocycles. The van der Waals surface area contributed by atoms with Gasteiger partial charge in [-0.05, 0) is 24.3 Å². The number of carbonyl (C=O) groups excluding carboxylic acids is 2. The molecule has 6 heteroatoms. The molecule has 1 aliphatic carbocycles. The number of carboxylic acids is 1. The molecular formula is C15H8O6. The molecule has 0 atom stereocenters. The molecule has 3 N–H and O–H groups in total. The summed E-state index contributed by atoms with van der Waals surface area (Å²) in [4.78, 5) is 35.6. The summed E-state index contributed by atoms with van der Waals surface area (Å²) in [6.45, 7) is 0. The lowest BCUT2D eigenvalue weighted by Crippen LogP contribution is -2.21. The monoisotopic (exact) mass is 284 g/mol. The highest BCUT2D eigenvalue weighted by Gasteiger charge is 2.33. The Labute approximate surface area is 117 Å². The van der Waals surface area contributed by atoms with Crippen molar-refractivity contribution in [2.24, 2.45) is 0 Å². The predicted octanol–water partition coefficient (Wildman–Crippen LogP) is 1.57. The van der Waals surface area contributed by atoms with Crippen molar-refractivity contribution in [3.63, 3.8) is 0 Å². The first-order valence-electron chi connectivity index (χ1n) is 5.93. The fourth-order valence-electron chi connectivity index (χ4n) is 2.37. The summed E-state index contributed by atoms with van der Waals surface area (Å²) in [7, 11) is 0. The van der Waals surface area contributed by atoms with Gasteiger partial charge in [0.05, 0.1) is 11.1 Å². The smallest absolute Gasteiger partial charge is 0.335 e. The minimum absolute atomic E-state index is 0.0264. The van der Waals surface area contributed by atoms with Crippen molar-refractivity contribution in [1.29, 1.82) is 0 Å². The van der Waals surface area contributed by atoms with Crippen LogP contribution in [0.3, 0.4) is 0 Å². The molecule has 3 rings (SSSR count). The normalized spacial score (nSPS) is 12.8. The van der Waals surface area contributed by atoms with Gasteiger partial charge in [0.25, 0.3) is 0 Å². The second kappa shape index (κ2) is 4.17. The Morgan fingerprint density at radius 1 is 0.857 bits per heavy atom. The topological polar surface area (TPSA) is 112 Å². The van der Waals surface area contributed by atoms with Gasteiger partial charge in [0.2, 0.25) is 0 Å². The molecule has 0 aromatic heterocycles. The van der Waals surface area contributed by atoms with E-state index >= 15 is 0 Å². The maximum absolute atomic E-state index is 12.4. The SMILES string of the molecule is O=C(O)c1ccc2c(c1)C(=O)c1cc(O)cc(O)c1C2=O. The molecule has 0 aliphatic heterocycles. The van der Waals surface area contributed by atoms with E-state index in [0.717, 1.165) is 18.2 Å². The van der Waals surface area contributed by atoms with Crippen LogP contribution in [0.25, 0.3) is 0 Å². The van der Waals surface area contributed by atoms with E-state index in [1.54, 1.807) is 0 Å². The van der Waals surface area contributed by atoms with Gasteiger partial charge in [-0.25, -0.2) is 4.79 Å². The summed E-state index contributed by atoms with van der Waals surface area (Å²) in [5.41, 5.74) is -0.487. The third-order valence-electron chi connectivity index (χ3n) is 3.33.